The minimum atomic E-state index is 0.540. The Morgan fingerprint density at radius 3 is 2.60 bits per heavy atom. The highest BCUT2D eigenvalue weighted by atomic mass is 32.1. The normalized spacial score (nSPS) is 17.6. The third kappa shape index (κ3) is 3.60. The summed E-state index contributed by atoms with van der Waals surface area (Å²) in [5.41, 5.74) is 6.56. The van der Waals surface area contributed by atoms with Crippen molar-refractivity contribution in [3.63, 3.8) is 0 Å². The summed E-state index contributed by atoms with van der Waals surface area (Å²) in [5, 5.41) is 12.3. The van der Waals surface area contributed by atoms with Gasteiger partial charge in [-0.25, -0.2) is 0 Å². The minimum absolute atomic E-state index is 0.540. The fourth-order valence-corrected chi connectivity index (χ4v) is 6.19. The Kier molecular flexibility index (Phi) is 5.45. The van der Waals surface area contributed by atoms with Crippen LogP contribution in [-0.2, 0) is 6.42 Å². The monoisotopic (exact) mass is 416 g/mol. The summed E-state index contributed by atoms with van der Waals surface area (Å²) in [6, 6.07) is 15.5. The summed E-state index contributed by atoms with van der Waals surface area (Å²) in [6.07, 6.45) is 10.00. The second-order valence-electron chi connectivity index (χ2n) is 9.46. The van der Waals surface area contributed by atoms with Crippen LogP contribution in [0.3, 0.4) is 0 Å². The molecule has 2 aliphatic carbocycles. The predicted molar refractivity (Wildman–Crippen MR) is 130 cm³/mol. The van der Waals surface area contributed by atoms with Gasteiger partial charge in [-0.15, -0.1) is 11.3 Å². The van der Waals surface area contributed by atoms with E-state index in [1.54, 1.807) is 11.3 Å². The minimum Gasteiger partial charge on any atom is -0.506 e. The second-order valence-corrected chi connectivity index (χ2v) is 10.5. The van der Waals surface area contributed by atoms with Crippen LogP contribution >= 0.6 is 11.3 Å². The van der Waals surface area contributed by atoms with Gasteiger partial charge in [-0.05, 0) is 79.2 Å². The van der Waals surface area contributed by atoms with Gasteiger partial charge >= 0.3 is 0 Å². The molecule has 30 heavy (non-hydrogen) atoms. The maximum absolute atomic E-state index is 11.1. The van der Waals surface area contributed by atoms with Crippen LogP contribution in [0.1, 0.15) is 67.9 Å². The van der Waals surface area contributed by atoms with Gasteiger partial charge in [0.25, 0.3) is 0 Å². The molecular formula is C28H32OS. The average molecular weight is 417 g/mol. The lowest BCUT2D eigenvalue weighted by molar-refractivity contribution is 0.211. The Morgan fingerprint density at radius 1 is 1.10 bits per heavy atom. The van der Waals surface area contributed by atoms with E-state index >= 15 is 0 Å². The summed E-state index contributed by atoms with van der Waals surface area (Å²) in [5.74, 6) is 2.32. The van der Waals surface area contributed by atoms with E-state index < -0.39 is 0 Å². The molecule has 3 aromatic rings. The van der Waals surface area contributed by atoms with Crippen LogP contribution in [0.15, 0.2) is 48.0 Å². The molecule has 1 unspecified atom stereocenters. The first-order valence-electron chi connectivity index (χ1n) is 11.6. The first-order valence-corrected chi connectivity index (χ1v) is 12.5. The van der Waals surface area contributed by atoms with Crippen LogP contribution in [0.4, 0.5) is 0 Å². The summed E-state index contributed by atoms with van der Waals surface area (Å²) in [7, 11) is 0. The van der Waals surface area contributed by atoms with Crippen molar-refractivity contribution in [3.05, 3.63) is 64.0 Å². The van der Waals surface area contributed by atoms with Gasteiger partial charge in [0.05, 0.1) is 4.88 Å². The standard InChI is InChI=1S/C28H32OS/c1-18(20-7-5-8-20)13-15-22-17-23(16-14-19(22)2)26-24-11-3-4-12-25(24)30-28(26)27(29)21-9-6-10-21/h3-4,11-12,14,16-18,20,29H,5-10,13,15H2,1-2H3. The molecule has 156 valence electrons. The van der Waals surface area contributed by atoms with E-state index in [-0.39, 0.29) is 0 Å². The maximum Gasteiger partial charge on any atom is 0.132 e. The van der Waals surface area contributed by atoms with Crippen LogP contribution in [0.2, 0.25) is 0 Å². The van der Waals surface area contributed by atoms with Gasteiger partial charge in [-0.3, -0.25) is 0 Å². The zero-order chi connectivity index (χ0) is 20.7. The Bertz CT molecular complexity index is 1090. The van der Waals surface area contributed by atoms with Gasteiger partial charge in [0, 0.05) is 15.6 Å². The summed E-state index contributed by atoms with van der Waals surface area (Å²) >= 11 is 1.74. The highest BCUT2D eigenvalue weighted by Gasteiger charge is 2.24. The number of hydrogen-bond donors (Lipinski definition) is 1. The summed E-state index contributed by atoms with van der Waals surface area (Å²) < 4.78 is 1.26. The molecule has 0 amide bonds. The summed E-state index contributed by atoms with van der Waals surface area (Å²) in [6.45, 7) is 4.68. The van der Waals surface area contributed by atoms with Crippen LogP contribution in [0.25, 0.3) is 27.0 Å². The van der Waals surface area contributed by atoms with Gasteiger partial charge in [0.2, 0.25) is 0 Å². The molecule has 0 aliphatic heterocycles. The Labute approximate surface area is 184 Å². The van der Waals surface area contributed by atoms with E-state index in [4.69, 9.17) is 0 Å². The predicted octanol–water partition coefficient (Wildman–Crippen LogP) is 8.70. The smallest absolute Gasteiger partial charge is 0.132 e. The van der Waals surface area contributed by atoms with Crippen LogP contribution in [0, 0.1) is 18.8 Å². The van der Waals surface area contributed by atoms with Crippen molar-refractivity contribution in [1.82, 2.24) is 0 Å². The van der Waals surface area contributed by atoms with Gasteiger partial charge < -0.3 is 5.11 Å². The molecule has 0 spiro atoms. The van der Waals surface area contributed by atoms with Gasteiger partial charge in [-0.2, -0.15) is 0 Å². The molecule has 2 saturated carbocycles. The van der Waals surface area contributed by atoms with Crippen molar-refractivity contribution in [1.29, 1.82) is 0 Å². The van der Waals surface area contributed by atoms with Crippen molar-refractivity contribution in [2.24, 2.45) is 11.8 Å². The average Bonchev–Trinajstić information content (AvgIpc) is 3.04. The number of benzene rings is 2. The lowest BCUT2D eigenvalue weighted by atomic mass is 9.74. The Balaban J connectivity index is 1.53. The fourth-order valence-electron chi connectivity index (χ4n) is 4.97. The molecule has 0 radical (unpaired) electrons. The lowest BCUT2D eigenvalue weighted by Crippen LogP contribution is -2.20. The number of thiophene rings is 1. The zero-order valence-electron chi connectivity index (χ0n) is 18.2. The Morgan fingerprint density at radius 2 is 1.90 bits per heavy atom. The number of aliphatic hydroxyl groups is 1. The topological polar surface area (TPSA) is 20.2 Å². The number of aryl methyl sites for hydroxylation is 2. The molecule has 2 aromatic carbocycles. The van der Waals surface area contributed by atoms with Gasteiger partial charge in [-0.1, -0.05) is 62.6 Å². The van der Waals surface area contributed by atoms with Gasteiger partial charge in [0.15, 0.2) is 0 Å². The molecule has 0 bridgehead atoms. The van der Waals surface area contributed by atoms with Crippen molar-refractivity contribution in [2.45, 2.75) is 65.2 Å². The van der Waals surface area contributed by atoms with E-state index in [0.717, 1.165) is 36.0 Å². The lowest BCUT2D eigenvalue weighted by Gasteiger charge is -2.31. The van der Waals surface area contributed by atoms with Crippen molar-refractivity contribution in [2.75, 3.05) is 0 Å². The number of rotatable bonds is 6. The van der Waals surface area contributed by atoms with Gasteiger partial charge in [0.1, 0.15) is 5.76 Å². The summed E-state index contributed by atoms with van der Waals surface area (Å²) in [4.78, 5) is 1.06. The van der Waals surface area contributed by atoms with Crippen molar-refractivity contribution in [3.8, 4) is 11.1 Å². The number of hydrogen-bond acceptors (Lipinski definition) is 2. The van der Waals surface area contributed by atoms with E-state index in [1.807, 2.05) is 0 Å². The van der Waals surface area contributed by atoms with E-state index in [0.29, 0.717) is 5.76 Å². The molecule has 1 atom stereocenters. The quantitative estimate of drug-likeness (QED) is 0.398. The molecule has 2 aliphatic rings. The Hall–Kier alpha value is -2.06. The van der Waals surface area contributed by atoms with E-state index in [2.05, 4.69) is 56.3 Å². The van der Waals surface area contributed by atoms with E-state index in [9.17, 15) is 5.11 Å². The molecular weight excluding hydrogens is 384 g/mol. The fraction of sp³-hybridized carbons (Fsp3) is 0.429. The highest BCUT2D eigenvalue weighted by Crippen LogP contribution is 2.45. The molecule has 1 aromatic heterocycles. The molecule has 2 fully saturated rings. The molecule has 5 rings (SSSR count). The maximum atomic E-state index is 11.1. The number of aliphatic hydroxyl groups excluding tert-OH is 1. The SMILES string of the molecule is Cc1ccc(-c2c(C(O)=C3CCC3)sc3ccccc23)cc1CCC(C)C1CCC1. The third-order valence-electron chi connectivity index (χ3n) is 7.56. The van der Waals surface area contributed by atoms with Crippen molar-refractivity contribution < 1.29 is 5.11 Å². The second kappa shape index (κ2) is 8.23. The molecule has 1 N–H and O–H groups in total. The largest absolute Gasteiger partial charge is 0.506 e. The van der Waals surface area contributed by atoms with Crippen LogP contribution < -0.4 is 0 Å². The first kappa shape index (κ1) is 19.9. The zero-order valence-corrected chi connectivity index (χ0v) is 19.0. The van der Waals surface area contributed by atoms with E-state index in [1.165, 1.54) is 70.0 Å². The van der Waals surface area contributed by atoms with Crippen LogP contribution in [-0.4, -0.2) is 5.11 Å². The molecule has 1 nitrogen and oxygen atoms in total. The van der Waals surface area contributed by atoms with Crippen molar-refractivity contribution >= 4 is 27.2 Å². The highest BCUT2D eigenvalue weighted by molar-refractivity contribution is 7.20. The molecule has 2 heteroatoms. The third-order valence-corrected chi connectivity index (χ3v) is 8.74. The number of fused-ring (bicyclic) bond motifs is 1. The molecule has 1 heterocycles. The first-order chi connectivity index (χ1) is 14.6. The molecule has 0 saturated heterocycles. The number of allylic oxidation sites excluding steroid dienone is 1. The van der Waals surface area contributed by atoms with Crippen LogP contribution in [0.5, 0.6) is 0 Å².